The summed E-state index contributed by atoms with van der Waals surface area (Å²) in [6.45, 7) is 1.40. The minimum absolute atomic E-state index is 0. The molecule has 134 valence electrons. The van der Waals surface area contributed by atoms with E-state index >= 15 is 0 Å². The molecule has 24 heavy (non-hydrogen) atoms. The van der Waals surface area contributed by atoms with Gasteiger partial charge in [0, 0.05) is 32.1 Å². The van der Waals surface area contributed by atoms with Crippen LogP contribution in [0.25, 0.3) is 0 Å². The fourth-order valence-electron chi connectivity index (χ4n) is 2.90. The molecule has 1 fully saturated rings. The van der Waals surface area contributed by atoms with Crippen LogP contribution in [0, 0.1) is 5.82 Å². The van der Waals surface area contributed by atoms with Crippen LogP contribution in [0.4, 0.5) is 4.39 Å². The summed E-state index contributed by atoms with van der Waals surface area (Å²) in [6, 6.07) is 6.31. The van der Waals surface area contributed by atoms with E-state index in [2.05, 4.69) is 5.32 Å². The van der Waals surface area contributed by atoms with Gasteiger partial charge in [0.1, 0.15) is 5.82 Å². The van der Waals surface area contributed by atoms with Crippen molar-refractivity contribution in [3.8, 4) is 0 Å². The van der Waals surface area contributed by atoms with E-state index in [4.69, 9.17) is 5.73 Å². The molecule has 1 atom stereocenters. The van der Waals surface area contributed by atoms with E-state index in [-0.39, 0.29) is 48.9 Å². The minimum Gasteiger partial charge on any atom is -0.354 e. The Bertz CT molecular complexity index is 556. The smallest absolute Gasteiger partial charge is 0.227 e. The summed E-state index contributed by atoms with van der Waals surface area (Å²) in [5, 5.41) is 2.83. The summed E-state index contributed by atoms with van der Waals surface area (Å²) in [5.74, 6) is -0.543. The fourth-order valence-corrected chi connectivity index (χ4v) is 2.90. The van der Waals surface area contributed by atoms with Crippen molar-refractivity contribution in [3.63, 3.8) is 0 Å². The van der Waals surface area contributed by atoms with E-state index in [9.17, 15) is 14.0 Å². The first-order valence-electron chi connectivity index (χ1n) is 8.11. The Morgan fingerprint density at radius 1 is 1.29 bits per heavy atom. The van der Waals surface area contributed by atoms with Gasteiger partial charge in [0.2, 0.25) is 11.8 Å². The largest absolute Gasteiger partial charge is 0.354 e. The molecule has 0 bridgehead atoms. The molecule has 5 nitrogen and oxygen atoms in total. The quantitative estimate of drug-likeness (QED) is 0.812. The van der Waals surface area contributed by atoms with Crippen molar-refractivity contribution in [3.05, 3.63) is 35.6 Å². The zero-order valence-corrected chi connectivity index (χ0v) is 14.5. The molecule has 0 radical (unpaired) electrons. The van der Waals surface area contributed by atoms with Crippen LogP contribution in [0.2, 0.25) is 0 Å². The number of hydrogen-bond acceptors (Lipinski definition) is 3. The number of nitrogens with zero attached hydrogens (tertiary/aromatic N) is 1. The van der Waals surface area contributed by atoms with Crippen LogP contribution < -0.4 is 11.1 Å². The fraction of sp³-hybridized carbons (Fsp3) is 0.529. The van der Waals surface area contributed by atoms with Gasteiger partial charge in [-0.1, -0.05) is 18.2 Å². The van der Waals surface area contributed by atoms with Crippen LogP contribution >= 0.6 is 12.4 Å². The van der Waals surface area contributed by atoms with Crippen molar-refractivity contribution in [1.29, 1.82) is 0 Å². The Morgan fingerprint density at radius 2 is 2.04 bits per heavy atom. The monoisotopic (exact) mass is 357 g/mol. The van der Waals surface area contributed by atoms with Crippen LogP contribution in [0.3, 0.4) is 0 Å². The van der Waals surface area contributed by atoms with E-state index in [1.165, 1.54) is 6.07 Å². The third-order valence-corrected chi connectivity index (χ3v) is 4.15. The lowest BCUT2D eigenvalue weighted by Gasteiger charge is -2.36. The van der Waals surface area contributed by atoms with Crippen molar-refractivity contribution < 1.29 is 14.0 Å². The first kappa shape index (κ1) is 20.4. The molecule has 0 aromatic heterocycles. The minimum atomic E-state index is -0.356. The molecule has 1 aliphatic rings. The van der Waals surface area contributed by atoms with Gasteiger partial charge in [-0.25, -0.2) is 4.39 Å². The summed E-state index contributed by atoms with van der Waals surface area (Å²) in [5.41, 5.74) is 5.76. The number of rotatable bonds is 6. The van der Waals surface area contributed by atoms with E-state index in [0.717, 1.165) is 19.3 Å². The average molecular weight is 358 g/mol. The summed E-state index contributed by atoms with van der Waals surface area (Å²) < 4.78 is 13.7. The number of carbonyl (C=O) groups is 2. The molecule has 1 saturated heterocycles. The molecule has 2 amide bonds. The molecule has 1 heterocycles. The molecular formula is C17H25ClFN3O2. The van der Waals surface area contributed by atoms with Gasteiger partial charge in [-0.3, -0.25) is 9.59 Å². The zero-order chi connectivity index (χ0) is 16.7. The Morgan fingerprint density at radius 3 is 2.75 bits per heavy atom. The summed E-state index contributed by atoms with van der Waals surface area (Å²) in [7, 11) is 0. The first-order valence-corrected chi connectivity index (χ1v) is 8.11. The van der Waals surface area contributed by atoms with Crippen LogP contribution in [0.5, 0.6) is 0 Å². The maximum Gasteiger partial charge on any atom is 0.227 e. The van der Waals surface area contributed by atoms with Crippen LogP contribution in [0.1, 0.15) is 31.2 Å². The molecule has 2 rings (SSSR count). The molecule has 7 heteroatoms. The molecule has 1 aliphatic heterocycles. The second kappa shape index (κ2) is 10.3. The number of hydrogen-bond donors (Lipinski definition) is 2. The van der Waals surface area contributed by atoms with Crippen molar-refractivity contribution in [2.45, 2.75) is 38.1 Å². The molecule has 1 unspecified atom stereocenters. The van der Waals surface area contributed by atoms with Gasteiger partial charge in [-0.15, -0.1) is 12.4 Å². The van der Waals surface area contributed by atoms with Gasteiger partial charge in [-0.05, 0) is 30.9 Å². The van der Waals surface area contributed by atoms with Gasteiger partial charge in [0.05, 0.1) is 6.42 Å². The highest BCUT2D eigenvalue weighted by molar-refractivity contribution is 5.85. The number of benzene rings is 1. The maximum atomic E-state index is 13.7. The molecule has 3 N–H and O–H groups in total. The van der Waals surface area contributed by atoms with Gasteiger partial charge in [0.15, 0.2) is 0 Å². The second-order valence-electron chi connectivity index (χ2n) is 5.85. The zero-order valence-electron chi connectivity index (χ0n) is 13.7. The van der Waals surface area contributed by atoms with E-state index < -0.39 is 0 Å². The van der Waals surface area contributed by atoms with Crippen LogP contribution in [-0.4, -0.2) is 42.4 Å². The first-order chi connectivity index (χ1) is 11.1. The lowest BCUT2D eigenvalue weighted by atomic mass is 10.0. The van der Waals surface area contributed by atoms with E-state index in [0.29, 0.717) is 25.2 Å². The van der Waals surface area contributed by atoms with Gasteiger partial charge >= 0.3 is 0 Å². The van der Waals surface area contributed by atoms with E-state index in [1.54, 1.807) is 23.1 Å². The van der Waals surface area contributed by atoms with Crippen molar-refractivity contribution in [1.82, 2.24) is 10.2 Å². The number of nitrogens with one attached hydrogen (secondary N) is 1. The standard InChI is InChI=1S/C17H24FN3O2.ClH/c18-15-7-2-1-5-13(15)11-17(23)21-10-4-3-6-14(21)12-20-16(22)8-9-19;/h1-2,5,7,14H,3-4,6,8-12,19H2,(H,20,22);1H. The second-order valence-corrected chi connectivity index (χ2v) is 5.85. The van der Waals surface area contributed by atoms with Crippen molar-refractivity contribution in [2.24, 2.45) is 5.73 Å². The van der Waals surface area contributed by atoms with E-state index in [1.807, 2.05) is 0 Å². The molecule has 0 saturated carbocycles. The number of nitrogens with two attached hydrogens (primary N) is 1. The number of piperidine rings is 1. The molecule has 1 aromatic carbocycles. The number of halogens is 2. The Balaban J connectivity index is 0.00000288. The Labute approximate surface area is 148 Å². The number of amides is 2. The third-order valence-electron chi connectivity index (χ3n) is 4.15. The Kier molecular flexibility index (Phi) is 8.71. The number of carbonyl (C=O) groups excluding carboxylic acids is 2. The molecular weight excluding hydrogens is 333 g/mol. The van der Waals surface area contributed by atoms with Gasteiger partial charge in [-0.2, -0.15) is 0 Å². The van der Waals surface area contributed by atoms with Crippen molar-refractivity contribution >= 4 is 24.2 Å². The molecule has 0 aliphatic carbocycles. The van der Waals surface area contributed by atoms with Crippen LogP contribution in [0.15, 0.2) is 24.3 Å². The average Bonchev–Trinajstić information content (AvgIpc) is 2.55. The topological polar surface area (TPSA) is 75.4 Å². The molecule has 0 spiro atoms. The normalized spacial score (nSPS) is 17.1. The lowest BCUT2D eigenvalue weighted by molar-refractivity contribution is -0.134. The highest BCUT2D eigenvalue weighted by Gasteiger charge is 2.27. The third kappa shape index (κ3) is 5.76. The molecule has 1 aromatic rings. The predicted octanol–water partition coefficient (Wildman–Crippen LogP) is 1.64. The maximum absolute atomic E-state index is 13.7. The van der Waals surface area contributed by atoms with Crippen LogP contribution in [-0.2, 0) is 16.0 Å². The lowest BCUT2D eigenvalue weighted by Crippen LogP contribution is -2.50. The van der Waals surface area contributed by atoms with Gasteiger partial charge in [0.25, 0.3) is 0 Å². The summed E-state index contributed by atoms with van der Waals surface area (Å²) in [4.78, 5) is 25.9. The number of likely N-dealkylation sites (tertiary alicyclic amines) is 1. The predicted molar refractivity (Wildman–Crippen MR) is 93.4 cm³/mol. The summed E-state index contributed by atoms with van der Waals surface area (Å²) >= 11 is 0. The SMILES string of the molecule is Cl.NCCC(=O)NCC1CCCCN1C(=O)Cc1ccccc1F. The summed E-state index contributed by atoms with van der Waals surface area (Å²) in [6.07, 6.45) is 3.17. The highest BCUT2D eigenvalue weighted by Crippen LogP contribution is 2.18. The van der Waals surface area contributed by atoms with Crippen molar-refractivity contribution in [2.75, 3.05) is 19.6 Å². The highest BCUT2D eigenvalue weighted by atomic mass is 35.5. The Hall–Kier alpha value is -1.66. The van der Waals surface area contributed by atoms with Gasteiger partial charge < -0.3 is 16.0 Å².